The highest BCUT2D eigenvalue weighted by Gasteiger charge is 2.34. The van der Waals surface area contributed by atoms with E-state index in [1.807, 2.05) is 12.1 Å². The van der Waals surface area contributed by atoms with E-state index in [1.165, 1.54) is 11.1 Å². The molecule has 2 aromatic rings. The van der Waals surface area contributed by atoms with Gasteiger partial charge in [-0.3, -0.25) is 4.90 Å². The summed E-state index contributed by atoms with van der Waals surface area (Å²) in [5.74, 6) is -0.181. The molecule has 1 saturated heterocycles. The van der Waals surface area contributed by atoms with Crippen molar-refractivity contribution in [3.8, 4) is 0 Å². The van der Waals surface area contributed by atoms with Crippen molar-refractivity contribution in [2.75, 3.05) is 13.2 Å². The molecular formula is C20H20FNO. The summed E-state index contributed by atoms with van der Waals surface area (Å²) in [6.07, 6.45) is 3.25. The second-order valence-corrected chi connectivity index (χ2v) is 6.32. The molecule has 0 radical (unpaired) electrons. The third kappa shape index (κ3) is 3.07. The van der Waals surface area contributed by atoms with Gasteiger partial charge in [0.05, 0.1) is 19.3 Å². The number of fused-ring (bicyclic) bond motifs is 2. The molecule has 4 rings (SSSR count). The van der Waals surface area contributed by atoms with Gasteiger partial charge < -0.3 is 4.74 Å². The van der Waals surface area contributed by atoms with Gasteiger partial charge in [-0.15, -0.1) is 0 Å². The first kappa shape index (κ1) is 14.6. The third-order valence-corrected chi connectivity index (χ3v) is 4.77. The van der Waals surface area contributed by atoms with Gasteiger partial charge in [0, 0.05) is 12.6 Å². The van der Waals surface area contributed by atoms with Crippen LogP contribution in [0.15, 0.2) is 60.7 Å². The van der Waals surface area contributed by atoms with Crippen molar-refractivity contribution in [1.82, 2.24) is 4.90 Å². The topological polar surface area (TPSA) is 12.5 Å². The minimum atomic E-state index is -0.181. The Balaban J connectivity index is 1.59. The van der Waals surface area contributed by atoms with Crippen LogP contribution in [0.25, 0.3) is 5.57 Å². The number of morpholine rings is 1. The summed E-state index contributed by atoms with van der Waals surface area (Å²) >= 11 is 0. The van der Waals surface area contributed by atoms with E-state index in [0.29, 0.717) is 12.1 Å². The summed E-state index contributed by atoms with van der Waals surface area (Å²) in [6, 6.07) is 18.1. The Hall–Kier alpha value is -1.97. The van der Waals surface area contributed by atoms with Gasteiger partial charge in [-0.2, -0.15) is 0 Å². The van der Waals surface area contributed by atoms with Crippen LogP contribution in [0.3, 0.4) is 0 Å². The lowest BCUT2D eigenvalue weighted by atomic mass is 9.89. The normalized spacial score (nSPS) is 24.3. The molecule has 2 unspecified atom stereocenters. The molecule has 2 aromatic carbocycles. The van der Waals surface area contributed by atoms with Crippen molar-refractivity contribution < 1.29 is 9.13 Å². The SMILES string of the molecule is Fc1ccc(C2=CC3COCC(C2)N3Cc2ccccc2)cc1. The second kappa shape index (κ2) is 6.26. The fourth-order valence-corrected chi connectivity index (χ4v) is 3.58. The summed E-state index contributed by atoms with van der Waals surface area (Å²) < 4.78 is 18.9. The number of rotatable bonds is 3. The Morgan fingerprint density at radius 3 is 2.52 bits per heavy atom. The fraction of sp³-hybridized carbons (Fsp3) is 0.300. The largest absolute Gasteiger partial charge is 0.378 e. The molecule has 0 aromatic heterocycles. The number of hydrogen-bond acceptors (Lipinski definition) is 2. The quantitative estimate of drug-likeness (QED) is 0.853. The average Bonchev–Trinajstić information content (AvgIpc) is 2.56. The highest BCUT2D eigenvalue weighted by Crippen LogP contribution is 2.33. The monoisotopic (exact) mass is 309 g/mol. The van der Waals surface area contributed by atoms with E-state index in [4.69, 9.17) is 4.74 Å². The van der Waals surface area contributed by atoms with Crippen LogP contribution in [-0.4, -0.2) is 30.2 Å². The van der Waals surface area contributed by atoms with Crippen LogP contribution in [0.4, 0.5) is 4.39 Å². The first-order chi connectivity index (χ1) is 11.3. The molecule has 2 bridgehead atoms. The summed E-state index contributed by atoms with van der Waals surface area (Å²) in [6.45, 7) is 2.45. The maximum atomic E-state index is 13.1. The van der Waals surface area contributed by atoms with Crippen molar-refractivity contribution in [3.63, 3.8) is 0 Å². The molecule has 0 spiro atoms. The smallest absolute Gasteiger partial charge is 0.123 e. The summed E-state index contributed by atoms with van der Waals surface area (Å²) in [5, 5.41) is 0. The highest BCUT2D eigenvalue weighted by molar-refractivity contribution is 5.67. The summed E-state index contributed by atoms with van der Waals surface area (Å²) in [7, 11) is 0. The molecule has 0 saturated carbocycles. The van der Waals surface area contributed by atoms with Crippen molar-refractivity contribution >= 4 is 5.57 Å². The van der Waals surface area contributed by atoms with Crippen LogP contribution in [0.1, 0.15) is 17.5 Å². The van der Waals surface area contributed by atoms with E-state index in [9.17, 15) is 4.39 Å². The van der Waals surface area contributed by atoms with Crippen molar-refractivity contribution in [2.24, 2.45) is 0 Å². The van der Waals surface area contributed by atoms with Crippen LogP contribution in [0.2, 0.25) is 0 Å². The fourth-order valence-electron chi connectivity index (χ4n) is 3.58. The van der Waals surface area contributed by atoms with Crippen molar-refractivity contribution in [2.45, 2.75) is 25.0 Å². The lowest BCUT2D eigenvalue weighted by Gasteiger charge is -2.44. The first-order valence-corrected chi connectivity index (χ1v) is 8.13. The summed E-state index contributed by atoms with van der Waals surface area (Å²) in [4.78, 5) is 2.53. The van der Waals surface area contributed by atoms with Gasteiger partial charge in [0.2, 0.25) is 0 Å². The molecule has 0 amide bonds. The minimum Gasteiger partial charge on any atom is -0.378 e. The number of ether oxygens (including phenoxy) is 1. The molecule has 0 aliphatic carbocycles. The lowest BCUT2D eigenvalue weighted by molar-refractivity contribution is -0.0402. The predicted octanol–water partition coefficient (Wildman–Crippen LogP) is 3.88. The van der Waals surface area contributed by atoms with Crippen LogP contribution in [0, 0.1) is 5.82 Å². The molecule has 23 heavy (non-hydrogen) atoms. The summed E-state index contributed by atoms with van der Waals surface area (Å²) in [5.41, 5.74) is 3.78. The van der Waals surface area contributed by atoms with Crippen LogP contribution in [-0.2, 0) is 11.3 Å². The third-order valence-electron chi connectivity index (χ3n) is 4.77. The number of hydrogen-bond donors (Lipinski definition) is 0. The highest BCUT2D eigenvalue weighted by atomic mass is 19.1. The molecule has 2 nitrogen and oxygen atoms in total. The zero-order valence-corrected chi connectivity index (χ0v) is 13.0. The second-order valence-electron chi connectivity index (χ2n) is 6.32. The van der Waals surface area contributed by atoms with Gasteiger partial charge in [-0.1, -0.05) is 48.5 Å². The van der Waals surface area contributed by atoms with Crippen LogP contribution >= 0.6 is 0 Å². The van der Waals surface area contributed by atoms with Gasteiger partial charge in [-0.05, 0) is 35.3 Å². The maximum Gasteiger partial charge on any atom is 0.123 e. The molecule has 1 fully saturated rings. The van der Waals surface area contributed by atoms with E-state index in [0.717, 1.165) is 31.7 Å². The first-order valence-electron chi connectivity index (χ1n) is 8.13. The van der Waals surface area contributed by atoms with E-state index in [1.54, 1.807) is 12.1 Å². The molecule has 118 valence electrons. The zero-order chi connectivity index (χ0) is 15.6. The van der Waals surface area contributed by atoms with Crippen LogP contribution < -0.4 is 0 Å². The molecule has 2 atom stereocenters. The van der Waals surface area contributed by atoms with Crippen molar-refractivity contribution in [3.05, 3.63) is 77.6 Å². The molecular weight excluding hydrogens is 289 g/mol. The standard InChI is InChI=1S/C20H20FNO/c21-18-8-6-16(7-9-18)17-10-19-13-23-14-20(11-17)22(19)12-15-4-2-1-3-5-15/h1-10,19-20H,11-14H2. The Kier molecular flexibility index (Phi) is 3.98. The van der Waals surface area contributed by atoms with E-state index < -0.39 is 0 Å². The Labute approximate surface area is 136 Å². The number of halogens is 1. The number of nitrogens with zero attached hydrogens (tertiary/aromatic N) is 1. The van der Waals surface area contributed by atoms with Gasteiger partial charge in [0.1, 0.15) is 5.82 Å². The van der Waals surface area contributed by atoms with Crippen molar-refractivity contribution in [1.29, 1.82) is 0 Å². The lowest BCUT2D eigenvalue weighted by Crippen LogP contribution is -2.53. The Bertz CT molecular complexity index is 695. The average molecular weight is 309 g/mol. The predicted molar refractivity (Wildman–Crippen MR) is 89.4 cm³/mol. The Morgan fingerprint density at radius 1 is 1.00 bits per heavy atom. The molecule has 2 aliphatic heterocycles. The molecule has 3 heteroatoms. The Morgan fingerprint density at radius 2 is 1.78 bits per heavy atom. The zero-order valence-electron chi connectivity index (χ0n) is 13.0. The van der Waals surface area contributed by atoms with E-state index >= 15 is 0 Å². The molecule has 2 heterocycles. The van der Waals surface area contributed by atoms with Gasteiger partial charge in [0.15, 0.2) is 0 Å². The van der Waals surface area contributed by atoms with E-state index in [-0.39, 0.29) is 5.82 Å². The number of benzene rings is 2. The van der Waals surface area contributed by atoms with Gasteiger partial charge in [-0.25, -0.2) is 4.39 Å². The molecule has 2 aliphatic rings. The molecule has 0 N–H and O–H groups in total. The van der Waals surface area contributed by atoms with Gasteiger partial charge >= 0.3 is 0 Å². The minimum absolute atomic E-state index is 0.181. The van der Waals surface area contributed by atoms with E-state index in [2.05, 4.69) is 41.3 Å². The van der Waals surface area contributed by atoms with Gasteiger partial charge in [0.25, 0.3) is 0 Å². The van der Waals surface area contributed by atoms with Crippen LogP contribution in [0.5, 0.6) is 0 Å². The maximum absolute atomic E-state index is 13.1.